The van der Waals surface area contributed by atoms with E-state index in [1.165, 1.54) is 37.3 Å². The number of rotatable bonds is 13. The molecule has 3 rings (SSSR count). The lowest BCUT2D eigenvalue weighted by Gasteiger charge is -2.32. The lowest BCUT2D eigenvalue weighted by atomic mass is 10.1. The van der Waals surface area contributed by atoms with E-state index in [2.05, 4.69) is 5.32 Å². The SMILES string of the molecule is CC[C@H](C)NC(=O)[C@@H](C)N(Cc1ccccc1Cl)C(=O)CN(c1ccccc1)S(=O)(=O)c1ccc(OC)c(OC)c1. The number of sulfonamides is 1. The molecule has 0 aliphatic heterocycles. The molecule has 0 radical (unpaired) electrons. The molecule has 1 N–H and O–H groups in total. The van der Waals surface area contributed by atoms with Crippen LogP contribution in [0.25, 0.3) is 0 Å². The highest BCUT2D eigenvalue weighted by Crippen LogP contribution is 2.32. The highest BCUT2D eigenvalue weighted by atomic mass is 35.5. The fraction of sp³-hybridized carbons (Fsp3) is 0.333. The van der Waals surface area contributed by atoms with Gasteiger partial charge in [-0.1, -0.05) is 54.9 Å². The van der Waals surface area contributed by atoms with Gasteiger partial charge in [-0.05, 0) is 56.2 Å². The Morgan fingerprint density at radius 3 is 2.17 bits per heavy atom. The molecule has 0 aromatic heterocycles. The molecule has 41 heavy (non-hydrogen) atoms. The normalized spacial score (nSPS) is 12.6. The first-order valence-electron chi connectivity index (χ1n) is 13.2. The molecule has 0 saturated heterocycles. The molecular formula is C30H36ClN3O6S. The van der Waals surface area contributed by atoms with Gasteiger partial charge in [-0.3, -0.25) is 13.9 Å². The van der Waals surface area contributed by atoms with Gasteiger partial charge < -0.3 is 19.7 Å². The first kappa shape index (κ1) is 31.8. The van der Waals surface area contributed by atoms with E-state index in [0.29, 0.717) is 22.8 Å². The van der Waals surface area contributed by atoms with Crippen LogP contribution in [0, 0.1) is 0 Å². The van der Waals surface area contributed by atoms with Crippen LogP contribution in [0.15, 0.2) is 77.7 Å². The maximum Gasteiger partial charge on any atom is 0.264 e. The molecule has 0 heterocycles. The van der Waals surface area contributed by atoms with E-state index in [1.54, 1.807) is 61.5 Å². The van der Waals surface area contributed by atoms with Crippen molar-refractivity contribution >= 4 is 39.1 Å². The van der Waals surface area contributed by atoms with Gasteiger partial charge in [0.05, 0.1) is 24.8 Å². The van der Waals surface area contributed by atoms with Crippen molar-refractivity contribution in [1.29, 1.82) is 0 Å². The molecule has 3 aromatic rings. The fourth-order valence-corrected chi connectivity index (χ4v) is 5.71. The van der Waals surface area contributed by atoms with Crippen LogP contribution in [0.1, 0.15) is 32.8 Å². The predicted molar refractivity (Wildman–Crippen MR) is 160 cm³/mol. The Balaban J connectivity index is 2.05. The van der Waals surface area contributed by atoms with E-state index in [9.17, 15) is 18.0 Å². The number of hydrogen-bond acceptors (Lipinski definition) is 6. The summed E-state index contributed by atoms with van der Waals surface area (Å²) in [5.41, 5.74) is 0.907. The Labute approximate surface area is 247 Å². The van der Waals surface area contributed by atoms with Crippen LogP contribution >= 0.6 is 11.6 Å². The largest absolute Gasteiger partial charge is 0.493 e. The summed E-state index contributed by atoms with van der Waals surface area (Å²) in [7, 11) is -1.41. The number of carbonyl (C=O) groups excluding carboxylic acids is 2. The molecule has 11 heteroatoms. The van der Waals surface area contributed by atoms with Crippen molar-refractivity contribution in [3.63, 3.8) is 0 Å². The molecule has 0 bridgehead atoms. The standard InChI is InChI=1S/C30H36ClN3O6S/c1-6-21(2)32-30(36)22(3)33(19-23-12-10-11-15-26(23)31)29(35)20-34(24-13-8-7-9-14-24)41(37,38)25-16-17-27(39-4)28(18-25)40-5/h7-18,21-22H,6,19-20H2,1-5H3,(H,32,36)/t21-,22+/m0/s1. The van der Waals surface area contributed by atoms with Crippen molar-refractivity contribution in [2.45, 2.75) is 50.7 Å². The van der Waals surface area contributed by atoms with Crippen molar-refractivity contribution in [2.75, 3.05) is 25.1 Å². The van der Waals surface area contributed by atoms with E-state index in [-0.39, 0.29) is 34.8 Å². The van der Waals surface area contributed by atoms with Crippen molar-refractivity contribution in [1.82, 2.24) is 10.2 Å². The average molecular weight is 602 g/mol. The van der Waals surface area contributed by atoms with Gasteiger partial charge in [0.2, 0.25) is 11.8 Å². The second kappa shape index (κ2) is 14.2. The number of anilines is 1. The van der Waals surface area contributed by atoms with Gasteiger partial charge in [0.25, 0.3) is 10.0 Å². The zero-order valence-corrected chi connectivity index (χ0v) is 25.4. The molecule has 0 fully saturated rings. The Hall–Kier alpha value is -3.76. The molecule has 9 nitrogen and oxygen atoms in total. The number of methoxy groups -OCH3 is 2. The highest BCUT2D eigenvalue weighted by molar-refractivity contribution is 7.92. The van der Waals surface area contributed by atoms with Crippen molar-refractivity contribution in [3.8, 4) is 11.5 Å². The lowest BCUT2D eigenvalue weighted by molar-refractivity contribution is -0.139. The number of carbonyl (C=O) groups is 2. The third-order valence-corrected chi connectivity index (χ3v) is 8.87. The predicted octanol–water partition coefficient (Wildman–Crippen LogP) is 4.88. The monoisotopic (exact) mass is 601 g/mol. The Morgan fingerprint density at radius 2 is 1.56 bits per heavy atom. The van der Waals surface area contributed by atoms with Crippen molar-refractivity contribution < 1.29 is 27.5 Å². The van der Waals surface area contributed by atoms with Crippen molar-refractivity contribution in [2.24, 2.45) is 0 Å². The molecule has 220 valence electrons. The molecule has 0 spiro atoms. The lowest BCUT2D eigenvalue weighted by Crippen LogP contribution is -2.52. The second-order valence-electron chi connectivity index (χ2n) is 9.47. The Bertz CT molecular complexity index is 1450. The molecule has 0 unspecified atom stereocenters. The zero-order chi connectivity index (χ0) is 30.2. The van der Waals surface area contributed by atoms with Gasteiger partial charge in [-0.25, -0.2) is 8.42 Å². The Morgan fingerprint density at radius 1 is 0.927 bits per heavy atom. The summed E-state index contributed by atoms with van der Waals surface area (Å²) in [5.74, 6) is -0.345. The molecule has 0 saturated carbocycles. The summed E-state index contributed by atoms with van der Waals surface area (Å²) >= 11 is 6.40. The van der Waals surface area contributed by atoms with Gasteiger partial charge in [0.1, 0.15) is 12.6 Å². The van der Waals surface area contributed by atoms with Gasteiger partial charge in [0.15, 0.2) is 11.5 Å². The Kier molecular flexibility index (Phi) is 11.0. The maximum absolute atomic E-state index is 14.0. The second-order valence-corrected chi connectivity index (χ2v) is 11.7. The van der Waals surface area contributed by atoms with E-state index < -0.39 is 28.5 Å². The molecule has 3 aromatic carbocycles. The van der Waals surface area contributed by atoms with E-state index in [0.717, 1.165) is 4.31 Å². The minimum Gasteiger partial charge on any atom is -0.493 e. The van der Waals surface area contributed by atoms with E-state index in [1.807, 2.05) is 13.8 Å². The number of benzene rings is 3. The van der Waals surface area contributed by atoms with Crippen LogP contribution in [0.2, 0.25) is 5.02 Å². The third-order valence-electron chi connectivity index (χ3n) is 6.73. The van der Waals surface area contributed by atoms with Crippen LogP contribution in [0.4, 0.5) is 5.69 Å². The quantitative estimate of drug-likeness (QED) is 0.299. The number of amides is 2. The fourth-order valence-electron chi connectivity index (χ4n) is 4.09. The summed E-state index contributed by atoms with van der Waals surface area (Å²) in [6.07, 6.45) is 0.711. The molecule has 2 atom stereocenters. The minimum atomic E-state index is -4.27. The first-order chi connectivity index (χ1) is 19.5. The smallest absolute Gasteiger partial charge is 0.264 e. The van der Waals surface area contributed by atoms with Gasteiger partial charge >= 0.3 is 0 Å². The first-order valence-corrected chi connectivity index (χ1v) is 15.0. The van der Waals surface area contributed by atoms with Crippen LogP contribution in [0.5, 0.6) is 11.5 Å². The van der Waals surface area contributed by atoms with E-state index in [4.69, 9.17) is 21.1 Å². The topological polar surface area (TPSA) is 105 Å². The van der Waals surface area contributed by atoms with Crippen LogP contribution in [0.3, 0.4) is 0 Å². The van der Waals surface area contributed by atoms with Gasteiger partial charge in [-0.2, -0.15) is 0 Å². The summed E-state index contributed by atoms with van der Waals surface area (Å²) in [6.45, 7) is 4.87. The zero-order valence-electron chi connectivity index (χ0n) is 23.8. The molecular weight excluding hydrogens is 566 g/mol. The van der Waals surface area contributed by atoms with Gasteiger partial charge in [0, 0.05) is 23.7 Å². The number of halogens is 1. The van der Waals surface area contributed by atoms with Gasteiger partial charge in [-0.15, -0.1) is 0 Å². The number of ether oxygens (including phenoxy) is 2. The summed E-state index contributed by atoms with van der Waals surface area (Å²) in [6, 6.07) is 18.5. The maximum atomic E-state index is 14.0. The third kappa shape index (κ3) is 7.71. The summed E-state index contributed by atoms with van der Waals surface area (Å²) in [4.78, 5) is 28.4. The average Bonchev–Trinajstić information content (AvgIpc) is 2.98. The number of hydrogen-bond donors (Lipinski definition) is 1. The van der Waals surface area contributed by atoms with Crippen LogP contribution in [-0.2, 0) is 26.2 Å². The molecule has 0 aliphatic carbocycles. The van der Waals surface area contributed by atoms with Crippen LogP contribution < -0.4 is 19.1 Å². The van der Waals surface area contributed by atoms with Crippen molar-refractivity contribution in [3.05, 3.63) is 83.4 Å². The summed E-state index contributed by atoms with van der Waals surface area (Å²) in [5, 5.41) is 3.33. The van der Waals surface area contributed by atoms with Crippen LogP contribution in [-0.4, -0.2) is 58.0 Å². The number of nitrogens with zero attached hydrogens (tertiary/aromatic N) is 2. The summed E-state index contributed by atoms with van der Waals surface area (Å²) < 4.78 is 39.6. The number of para-hydroxylation sites is 1. The minimum absolute atomic E-state index is 0.00658. The molecule has 0 aliphatic rings. The number of nitrogens with one attached hydrogen (secondary N) is 1. The van der Waals surface area contributed by atoms with E-state index >= 15 is 0 Å². The highest BCUT2D eigenvalue weighted by Gasteiger charge is 2.33. The molecule has 2 amide bonds.